The van der Waals surface area contributed by atoms with Crippen LogP contribution in [0.5, 0.6) is 5.75 Å². The highest BCUT2D eigenvalue weighted by Crippen LogP contribution is 2.08. The van der Waals surface area contributed by atoms with Crippen molar-refractivity contribution < 1.29 is 33.7 Å². The third-order valence-electron chi connectivity index (χ3n) is 3.88. The van der Waals surface area contributed by atoms with Crippen LogP contribution in [0.1, 0.15) is 19.4 Å². The lowest BCUT2D eigenvalue weighted by Crippen LogP contribution is -2.12. The Morgan fingerprint density at radius 1 is 0.848 bits per heavy atom. The molecule has 2 aromatic rings. The first-order chi connectivity index (χ1) is 15.7. The number of hydrogen-bond donors (Lipinski definition) is 1. The van der Waals surface area contributed by atoms with Gasteiger partial charge in [0.15, 0.2) is 0 Å². The number of carboxylic acid groups (broad SMARTS) is 1. The Labute approximate surface area is 193 Å². The summed E-state index contributed by atoms with van der Waals surface area (Å²) in [6, 6.07) is 18.6. The van der Waals surface area contributed by atoms with Gasteiger partial charge in [0, 0.05) is 11.1 Å². The summed E-state index contributed by atoms with van der Waals surface area (Å²) in [5.41, 5.74) is 1.31. The molecule has 33 heavy (non-hydrogen) atoms. The maximum Gasteiger partial charge on any atom is 0.337 e. The molecule has 0 radical (unpaired) electrons. The molecule has 0 aliphatic rings. The van der Waals surface area contributed by atoms with Crippen LogP contribution in [-0.4, -0.2) is 36.2 Å². The second-order valence-corrected chi connectivity index (χ2v) is 6.80. The van der Waals surface area contributed by atoms with Gasteiger partial charge in [0.2, 0.25) is 0 Å². The molecule has 174 valence electrons. The molecule has 7 heteroatoms. The van der Waals surface area contributed by atoms with Crippen LogP contribution in [0.2, 0.25) is 0 Å². The van der Waals surface area contributed by atoms with Gasteiger partial charge >= 0.3 is 17.9 Å². The van der Waals surface area contributed by atoms with Gasteiger partial charge in [-0.3, -0.25) is 0 Å². The number of rotatable bonds is 10. The maximum atomic E-state index is 11.5. The summed E-state index contributed by atoms with van der Waals surface area (Å²) in [4.78, 5) is 33.1. The van der Waals surface area contributed by atoms with Gasteiger partial charge in [-0.05, 0) is 37.6 Å². The van der Waals surface area contributed by atoms with Crippen molar-refractivity contribution >= 4 is 17.9 Å². The van der Waals surface area contributed by atoms with E-state index >= 15 is 0 Å². The predicted octanol–water partition coefficient (Wildman–Crippen LogP) is 4.50. The number of carboxylic acids is 1. The number of carbonyl (C=O) groups excluding carboxylic acids is 2. The molecule has 0 amide bonds. The van der Waals surface area contributed by atoms with Crippen LogP contribution in [0.25, 0.3) is 0 Å². The number of para-hydroxylation sites is 1. The van der Waals surface area contributed by atoms with Gasteiger partial charge in [-0.2, -0.15) is 0 Å². The minimum absolute atomic E-state index is 0.0193. The van der Waals surface area contributed by atoms with Crippen molar-refractivity contribution in [2.24, 2.45) is 0 Å². The second kappa shape index (κ2) is 14.8. The summed E-state index contributed by atoms with van der Waals surface area (Å²) in [6.07, 6.45) is 1.19. The quantitative estimate of drug-likeness (QED) is 0.245. The Kier molecular flexibility index (Phi) is 12.1. The largest absolute Gasteiger partial charge is 0.490 e. The van der Waals surface area contributed by atoms with E-state index in [0.29, 0.717) is 12.2 Å². The Morgan fingerprint density at radius 2 is 1.42 bits per heavy atom. The molecule has 7 nitrogen and oxygen atoms in total. The van der Waals surface area contributed by atoms with Gasteiger partial charge in [0.1, 0.15) is 25.6 Å². The maximum absolute atomic E-state index is 11.5. The molecule has 2 rings (SSSR count). The Bertz CT molecular complexity index is 976. The molecule has 0 atom stereocenters. The van der Waals surface area contributed by atoms with Crippen molar-refractivity contribution in [1.29, 1.82) is 0 Å². The number of carbonyl (C=O) groups is 3. The lowest BCUT2D eigenvalue weighted by atomic mass is 10.2. The van der Waals surface area contributed by atoms with Gasteiger partial charge in [-0.15, -0.1) is 0 Å². The molecule has 0 saturated heterocycles. The van der Waals surface area contributed by atoms with Crippen LogP contribution < -0.4 is 4.74 Å². The normalized spacial score (nSPS) is 10.2. The minimum atomic E-state index is -1.09. The van der Waals surface area contributed by atoms with Crippen molar-refractivity contribution in [3.63, 3.8) is 0 Å². The molecule has 0 saturated carbocycles. The highest BCUT2D eigenvalue weighted by molar-refractivity contribution is 5.94. The fourth-order valence-corrected chi connectivity index (χ4v) is 2.13. The molecule has 1 N–H and O–H groups in total. The van der Waals surface area contributed by atoms with Gasteiger partial charge < -0.3 is 19.3 Å². The van der Waals surface area contributed by atoms with Gasteiger partial charge in [0.05, 0.1) is 5.57 Å². The fraction of sp³-hybridized carbons (Fsp3) is 0.192. The number of benzene rings is 2. The predicted molar refractivity (Wildman–Crippen MR) is 124 cm³/mol. The molecular weight excluding hydrogens is 424 g/mol. The molecular formula is C26H28O7. The molecule has 0 bridgehead atoms. The zero-order valence-corrected chi connectivity index (χ0v) is 18.8. The summed E-state index contributed by atoms with van der Waals surface area (Å²) in [5.74, 6) is -1.33. The number of aliphatic carboxylic acids is 1. The summed E-state index contributed by atoms with van der Waals surface area (Å²) >= 11 is 0. The number of ether oxygens (including phenoxy) is 3. The average molecular weight is 453 g/mol. The van der Waals surface area contributed by atoms with Gasteiger partial charge in [-0.1, -0.05) is 61.7 Å². The van der Waals surface area contributed by atoms with Crippen LogP contribution in [0, 0.1) is 0 Å². The van der Waals surface area contributed by atoms with Crippen LogP contribution in [0.15, 0.2) is 96.6 Å². The Hall–Kier alpha value is -4.13. The summed E-state index contributed by atoms with van der Waals surface area (Å²) in [6.45, 7) is 10.7. The molecule has 0 aromatic heterocycles. The van der Waals surface area contributed by atoms with Gasteiger partial charge in [0.25, 0.3) is 0 Å². The van der Waals surface area contributed by atoms with Crippen LogP contribution in [-0.2, 0) is 30.5 Å². The van der Waals surface area contributed by atoms with Crippen molar-refractivity contribution in [3.05, 3.63) is 102 Å². The molecule has 0 aliphatic heterocycles. The van der Waals surface area contributed by atoms with Crippen molar-refractivity contribution in [2.75, 3.05) is 13.2 Å². The van der Waals surface area contributed by atoms with E-state index in [0.717, 1.165) is 11.3 Å². The van der Waals surface area contributed by atoms with Gasteiger partial charge in [-0.25, -0.2) is 14.4 Å². The van der Waals surface area contributed by atoms with E-state index in [1.165, 1.54) is 13.0 Å². The van der Waals surface area contributed by atoms with E-state index in [-0.39, 0.29) is 30.3 Å². The standard InChI is InChI=1S/C14H14O4.C12H14O3/c1-10(13(15)16)8-11(2)14(17)18-9-12-6-4-3-5-7-12;1-10(2)12(13)15-9-8-14-11-6-4-3-5-7-11/h3-8H,2,9H2,1H3,(H,15,16);3-7H,1,8-9H2,2H3. The summed E-state index contributed by atoms with van der Waals surface area (Å²) < 4.78 is 15.2. The minimum Gasteiger partial charge on any atom is -0.490 e. The third kappa shape index (κ3) is 11.7. The van der Waals surface area contributed by atoms with Crippen molar-refractivity contribution in [2.45, 2.75) is 20.5 Å². The van der Waals surface area contributed by atoms with Crippen molar-refractivity contribution in [3.8, 4) is 5.75 Å². The summed E-state index contributed by atoms with van der Waals surface area (Å²) in [5, 5.41) is 8.66. The lowest BCUT2D eigenvalue weighted by Gasteiger charge is -2.06. The zero-order chi connectivity index (χ0) is 24.6. The van der Waals surface area contributed by atoms with E-state index < -0.39 is 11.9 Å². The number of esters is 2. The smallest absolute Gasteiger partial charge is 0.337 e. The summed E-state index contributed by atoms with van der Waals surface area (Å²) in [7, 11) is 0. The second-order valence-electron chi connectivity index (χ2n) is 6.80. The van der Waals surface area contributed by atoms with Crippen LogP contribution >= 0.6 is 0 Å². The molecule has 0 aliphatic carbocycles. The third-order valence-corrected chi connectivity index (χ3v) is 3.88. The highest BCUT2D eigenvalue weighted by atomic mass is 16.6. The average Bonchev–Trinajstić information content (AvgIpc) is 2.81. The molecule has 2 aromatic carbocycles. The van der Waals surface area contributed by atoms with Crippen LogP contribution in [0.4, 0.5) is 0 Å². The van der Waals surface area contributed by atoms with Crippen molar-refractivity contribution in [1.82, 2.24) is 0 Å². The highest BCUT2D eigenvalue weighted by Gasteiger charge is 2.09. The lowest BCUT2D eigenvalue weighted by molar-refractivity contribution is -0.140. The van der Waals surface area contributed by atoms with E-state index in [2.05, 4.69) is 13.2 Å². The molecule has 0 heterocycles. The Morgan fingerprint density at radius 3 is 1.97 bits per heavy atom. The number of hydrogen-bond acceptors (Lipinski definition) is 6. The Balaban J connectivity index is 0.000000335. The first kappa shape index (κ1) is 26.9. The van der Waals surface area contributed by atoms with E-state index in [1.807, 2.05) is 60.7 Å². The molecule has 0 unspecified atom stereocenters. The monoisotopic (exact) mass is 452 g/mol. The van der Waals surface area contributed by atoms with E-state index in [1.54, 1.807) is 6.92 Å². The van der Waals surface area contributed by atoms with E-state index in [9.17, 15) is 14.4 Å². The SMILES string of the molecule is C=C(C)C(=O)OCCOc1ccccc1.C=C(C=C(C)C(=O)O)C(=O)OCc1ccccc1. The van der Waals surface area contributed by atoms with E-state index in [4.69, 9.17) is 19.3 Å². The first-order valence-corrected chi connectivity index (χ1v) is 10.0. The topological polar surface area (TPSA) is 99.1 Å². The molecule has 0 spiro atoms. The van der Waals surface area contributed by atoms with Crippen LogP contribution in [0.3, 0.4) is 0 Å². The molecule has 0 fully saturated rings. The zero-order valence-electron chi connectivity index (χ0n) is 18.8. The first-order valence-electron chi connectivity index (χ1n) is 10.0. The fourth-order valence-electron chi connectivity index (χ4n) is 2.13.